The average molecular weight is 466 g/mol. The fraction of sp³-hybridized carbons (Fsp3) is 0.536. The molecule has 2 aliphatic heterocycles. The Hall–Kier alpha value is -2.73. The molecule has 0 radical (unpaired) electrons. The molecule has 1 saturated heterocycles. The van der Waals surface area contributed by atoms with E-state index in [1.807, 2.05) is 31.2 Å². The molecule has 2 fully saturated rings. The second-order valence-electron chi connectivity index (χ2n) is 9.74. The maximum Gasteiger partial charge on any atom is 0.231 e. The van der Waals surface area contributed by atoms with Gasteiger partial charge in [0.2, 0.25) is 12.7 Å². The average Bonchev–Trinajstić information content (AvgIpc) is 3.37. The van der Waals surface area contributed by atoms with Crippen molar-refractivity contribution < 1.29 is 23.7 Å². The van der Waals surface area contributed by atoms with Crippen LogP contribution in [-0.4, -0.2) is 39.1 Å². The SMILES string of the molecule is CCOc1ccc(C2(CNC(=O)C3(c4ccc5c(c4)OCO5)CCCCC3)CCOCC2)cc1. The summed E-state index contributed by atoms with van der Waals surface area (Å²) in [4.78, 5) is 13.9. The number of nitrogens with one attached hydrogen (secondary N) is 1. The molecule has 6 heteroatoms. The van der Waals surface area contributed by atoms with Crippen LogP contribution in [0.2, 0.25) is 0 Å². The maximum absolute atomic E-state index is 13.9. The molecule has 0 spiro atoms. The first kappa shape index (κ1) is 23.0. The summed E-state index contributed by atoms with van der Waals surface area (Å²) < 4.78 is 22.5. The number of carbonyl (C=O) groups excluding carboxylic acids is 1. The van der Waals surface area contributed by atoms with Crippen molar-refractivity contribution in [2.24, 2.45) is 0 Å². The largest absolute Gasteiger partial charge is 0.494 e. The van der Waals surface area contributed by atoms with Crippen LogP contribution < -0.4 is 19.5 Å². The van der Waals surface area contributed by atoms with Gasteiger partial charge in [-0.15, -0.1) is 0 Å². The Labute approximate surface area is 201 Å². The molecule has 5 rings (SSSR count). The van der Waals surface area contributed by atoms with Crippen LogP contribution in [0, 0.1) is 0 Å². The summed E-state index contributed by atoms with van der Waals surface area (Å²) in [5, 5.41) is 3.41. The standard InChI is InChI=1S/C28H35NO5/c1-2-32-23-9-6-21(7-10-23)27(14-16-31-17-15-27)19-29-26(30)28(12-4-3-5-13-28)22-8-11-24-25(18-22)34-20-33-24/h6-11,18H,2-5,12-17,19-20H2,1H3,(H,29,30). The maximum atomic E-state index is 13.9. The lowest BCUT2D eigenvalue weighted by molar-refractivity contribution is -0.128. The number of amides is 1. The second-order valence-corrected chi connectivity index (χ2v) is 9.74. The van der Waals surface area contributed by atoms with Crippen molar-refractivity contribution in [2.75, 3.05) is 33.2 Å². The molecule has 0 aromatic heterocycles. The third-order valence-corrected chi connectivity index (χ3v) is 7.88. The zero-order chi connectivity index (χ0) is 23.4. The van der Waals surface area contributed by atoms with Gasteiger partial charge in [-0.05, 0) is 68.0 Å². The van der Waals surface area contributed by atoms with E-state index in [0.717, 1.165) is 61.3 Å². The molecule has 0 unspecified atom stereocenters. The Balaban J connectivity index is 1.39. The van der Waals surface area contributed by atoms with Crippen molar-refractivity contribution in [2.45, 2.75) is 62.7 Å². The van der Waals surface area contributed by atoms with Crippen molar-refractivity contribution in [1.29, 1.82) is 0 Å². The van der Waals surface area contributed by atoms with Crippen LogP contribution >= 0.6 is 0 Å². The first-order valence-corrected chi connectivity index (χ1v) is 12.6. The third kappa shape index (κ3) is 4.36. The Morgan fingerprint density at radius 3 is 2.35 bits per heavy atom. The Kier molecular flexibility index (Phi) is 6.68. The number of hydrogen-bond donors (Lipinski definition) is 1. The fourth-order valence-electron chi connectivity index (χ4n) is 5.82. The molecule has 1 amide bonds. The predicted octanol–water partition coefficient (Wildman–Crippen LogP) is 4.88. The van der Waals surface area contributed by atoms with Crippen LogP contribution in [0.1, 0.15) is 63.0 Å². The van der Waals surface area contributed by atoms with E-state index in [-0.39, 0.29) is 18.1 Å². The summed E-state index contributed by atoms with van der Waals surface area (Å²) in [5.74, 6) is 2.50. The summed E-state index contributed by atoms with van der Waals surface area (Å²) in [5.41, 5.74) is 1.62. The van der Waals surface area contributed by atoms with Crippen LogP contribution in [0.25, 0.3) is 0 Å². The van der Waals surface area contributed by atoms with E-state index in [4.69, 9.17) is 18.9 Å². The number of ether oxygens (including phenoxy) is 4. The third-order valence-electron chi connectivity index (χ3n) is 7.88. The highest BCUT2D eigenvalue weighted by molar-refractivity contribution is 5.88. The number of fused-ring (bicyclic) bond motifs is 1. The zero-order valence-corrected chi connectivity index (χ0v) is 20.1. The Morgan fingerprint density at radius 2 is 1.62 bits per heavy atom. The molecular formula is C28H35NO5. The van der Waals surface area contributed by atoms with Crippen molar-refractivity contribution in [3.8, 4) is 17.2 Å². The van der Waals surface area contributed by atoms with Crippen LogP contribution in [0.5, 0.6) is 17.2 Å². The smallest absolute Gasteiger partial charge is 0.231 e. The molecule has 182 valence electrons. The van der Waals surface area contributed by atoms with E-state index in [1.165, 1.54) is 12.0 Å². The minimum atomic E-state index is -0.523. The van der Waals surface area contributed by atoms with Gasteiger partial charge < -0.3 is 24.3 Å². The molecule has 2 aromatic rings. The van der Waals surface area contributed by atoms with Gasteiger partial charge in [-0.25, -0.2) is 0 Å². The van der Waals surface area contributed by atoms with Crippen molar-refractivity contribution >= 4 is 5.91 Å². The number of benzene rings is 2. The van der Waals surface area contributed by atoms with Gasteiger partial charge in [0.1, 0.15) is 5.75 Å². The van der Waals surface area contributed by atoms with Crippen LogP contribution in [0.15, 0.2) is 42.5 Å². The number of hydrogen-bond acceptors (Lipinski definition) is 5. The molecule has 6 nitrogen and oxygen atoms in total. The van der Waals surface area contributed by atoms with Gasteiger partial charge in [0.25, 0.3) is 0 Å². The monoisotopic (exact) mass is 465 g/mol. The van der Waals surface area contributed by atoms with E-state index < -0.39 is 5.41 Å². The first-order valence-electron chi connectivity index (χ1n) is 12.6. The molecular weight excluding hydrogens is 430 g/mol. The summed E-state index contributed by atoms with van der Waals surface area (Å²) >= 11 is 0. The molecule has 34 heavy (non-hydrogen) atoms. The summed E-state index contributed by atoms with van der Waals surface area (Å²) in [6.07, 6.45) is 6.78. The number of carbonyl (C=O) groups is 1. The van der Waals surface area contributed by atoms with Gasteiger partial charge in [-0.2, -0.15) is 0 Å². The Bertz CT molecular complexity index is 990. The highest BCUT2D eigenvalue weighted by atomic mass is 16.7. The molecule has 1 aliphatic carbocycles. The lowest BCUT2D eigenvalue weighted by atomic mass is 9.68. The Morgan fingerprint density at radius 1 is 0.912 bits per heavy atom. The second kappa shape index (κ2) is 9.87. The minimum Gasteiger partial charge on any atom is -0.494 e. The predicted molar refractivity (Wildman–Crippen MR) is 130 cm³/mol. The van der Waals surface area contributed by atoms with E-state index >= 15 is 0 Å². The first-order chi connectivity index (χ1) is 16.7. The van der Waals surface area contributed by atoms with Gasteiger partial charge >= 0.3 is 0 Å². The van der Waals surface area contributed by atoms with E-state index in [1.54, 1.807) is 0 Å². The highest BCUT2D eigenvalue weighted by Gasteiger charge is 2.43. The summed E-state index contributed by atoms with van der Waals surface area (Å²) in [6, 6.07) is 14.4. The quantitative estimate of drug-likeness (QED) is 0.631. The zero-order valence-electron chi connectivity index (χ0n) is 20.1. The van der Waals surface area contributed by atoms with Crippen molar-refractivity contribution in [3.05, 3.63) is 53.6 Å². The van der Waals surface area contributed by atoms with Crippen LogP contribution in [-0.2, 0) is 20.4 Å². The normalized spacial score (nSPS) is 20.5. The van der Waals surface area contributed by atoms with Gasteiger partial charge in [0.15, 0.2) is 11.5 Å². The molecule has 0 bridgehead atoms. The van der Waals surface area contributed by atoms with E-state index in [0.29, 0.717) is 26.4 Å². The molecule has 3 aliphatic rings. The minimum absolute atomic E-state index is 0.128. The molecule has 1 N–H and O–H groups in total. The number of rotatable bonds is 7. The lowest BCUT2D eigenvalue weighted by Crippen LogP contribution is -2.51. The van der Waals surface area contributed by atoms with Gasteiger partial charge in [0.05, 0.1) is 12.0 Å². The van der Waals surface area contributed by atoms with Gasteiger partial charge in [0, 0.05) is 25.2 Å². The van der Waals surface area contributed by atoms with Crippen molar-refractivity contribution in [1.82, 2.24) is 5.32 Å². The fourth-order valence-corrected chi connectivity index (χ4v) is 5.82. The van der Waals surface area contributed by atoms with E-state index in [2.05, 4.69) is 23.5 Å². The lowest BCUT2D eigenvalue weighted by Gasteiger charge is -2.41. The highest BCUT2D eigenvalue weighted by Crippen LogP contribution is 2.44. The topological polar surface area (TPSA) is 66.0 Å². The van der Waals surface area contributed by atoms with Crippen LogP contribution in [0.3, 0.4) is 0 Å². The summed E-state index contributed by atoms with van der Waals surface area (Å²) in [7, 11) is 0. The molecule has 1 saturated carbocycles. The summed E-state index contributed by atoms with van der Waals surface area (Å²) in [6.45, 7) is 4.90. The molecule has 2 heterocycles. The van der Waals surface area contributed by atoms with Gasteiger partial charge in [-0.3, -0.25) is 4.79 Å². The van der Waals surface area contributed by atoms with Crippen molar-refractivity contribution in [3.63, 3.8) is 0 Å². The molecule has 2 aromatic carbocycles. The van der Waals surface area contributed by atoms with E-state index in [9.17, 15) is 4.79 Å². The molecule has 0 atom stereocenters. The van der Waals surface area contributed by atoms with Crippen LogP contribution in [0.4, 0.5) is 0 Å². The van der Waals surface area contributed by atoms with Gasteiger partial charge in [-0.1, -0.05) is 37.5 Å².